The number of ketones is 1. The number of rotatable bonds is 5. The molecule has 4 nitrogen and oxygen atoms in total. The van der Waals surface area contributed by atoms with Crippen LogP contribution in [-0.2, 0) is 11.3 Å². The fourth-order valence-corrected chi connectivity index (χ4v) is 5.41. The van der Waals surface area contributed by atoms with Crippen LogP contribution in [0.25, 0.3) is 0 Å². The molecule has 2 aromatic rings. The zero-order valence-electron chi connectivity index (χ0n) is 18.0. The summed E-state index contributed by atoms with van der Waals surface area (Å²) in [6.07, 6.45) is 1.83. The first kappa shape index (κ1) is 22.1. The summed E-state index contributed by atoms with van der Waals surface area (Å²) in [5.41, 5.74) is 5.13. The second-order valence-corrected chi connectivity index (χ2v) is 9.62. The Labute approximate surface area is 194 Å². The maximum Gasteiger partial charge on any atom is 0.133 e. The second kappa shape index (κ2) is 9.20. The van der Waals surface area contributed by atoms with E-state index in [0.717, 1.165) is 67.9 Å². The lowest BCUT2D eigenvalue weighted by Crippen LogP contribution is -2.45. The van der Waals surface area contributed by atoms with Crippen LogP contribution < -0.4 is 4.90 Å². The minimum Gasteiger partial charge on any atom is -0.368 e. The Kier molecular flexibility index (Phi) is 6.57. The molecule has 0 aromatic heterocycles. The van der Waals surface area contributed by atoms with Gasteiger partial charge in [0.1, 0.15) is 5.78 Å². The molecule has 0 atom stereocenters. The van der Waals surface area contributed by atoms with Gasteiger partial charge < -0.3 is 4.90 Å². The number of piperidine rings is 1. The van der Waals surface area contributed by atoms with Crippen LogP contribution in [0, 0.1) is 24.2 Å². The van der Waals surface area contributed by atoms with Crippen molar-refractivity contribution in [1.29, 1.82) is 5.26 Å². The molecule has 0 unspecified atom stereocenters. The Balaban J connectivity index is 1.45. The van der Waals surface area contributed by atoms with Gasteiger partial charge >= 0.3 is 0 Å². The summed E-state index contributed by atoms with van der Waals surface area (Å²) in [6.45, 7) is 8.06. The number of carbonyl (C=O) groups is 1. The third-order valence-electron chi connectivity index (χ3n) is 6.77. The molecule has 6 heteroatoms. The molecule has 2 aliphatic heterocycles. The van der Waals surface area contributed by atoms with Gasteiger partial charge in [-0.25, -0.2) is 0 Å². The zero-order chi connectivity index (χ0) is 22.1. The van der Waals surface area contributed by atoms with Crippen molar-refractivity contribution in [2.75, 3.05) is 31.1 Å². The summed E-state index contributed by atoms with van der Waals surface area (Å²) >= 11 is 12.7. The molecule has 0 spiro atoms. The van der Waals surface area contributed by atoms with Crippen molar-refractivity contribution in [3.63, 3.8) is 0 Å². The highest BCUT2D eigenvalue weighted by Gasteiger charge is 2.32. The van der Waals surface area contributed by atoms with Gasteiger partial charge in [-0.2, -0.15) is 5.26 Å². The predicted octanol–water partition coefficient (Wildman–Crippen LogP) is 5.58. The Morgan fingerprint density at radius 1 is 1.16 bits per heavy atom. The van der Waals surface area contributed by atoms with Gasteiger partial charge in [0, 0.05) is 31.5 Å². The zero-order valence-corrected chi connectivity index (χ0v) is 19.5. The van der Waals surface area contributed by atoms with E-state index in [-0.39, 0.29) is 5.92 Å². The van der Waals surface area contributed by atoms with Crippen molar-refractivity contribution in [1.82, 2.24) is 4.90 Å². The number of benzene rings is 2. The standard InChI is InChI=1S/C25H27Cl2N3O/c1-16-10-19(21-13-30(14-21)25-23(26)4-3-5-24(25)27)11-20(12-28)22(16)15-29-8-6-18(7-9-29)17(2)31/h3-5,10-11,18,21H,6-9,13-15H2,1-2H3. The fourth-order valence-electron chi connectivity index (χ4n) is 4.77. The van der Waals surface area contributed by atoms with Crippen LogP contribution in [0.3, 0.4) is 0 Å². The lowest BCUT2D eigenvalue weighted by Gasteiger charge is -2.42. The Morgan fingerprint density at radius 3 is 2.39 bits per heavy atom. The van der Waals surface area contributed by atoms with E-state index < -0.39 is 0 Å². The number of aryl methyl sites for hydroxylation is 1. The van der Waals surface area contributed by atoms with Gasteiger partial charge in [0.2, 0.25) is 0 Å². The molecular weight excluding hydrogens is 429 g/mol. The molecule has 2 fully saturated rings. The molecule has 0 bridgehead atoms. The largest absolute Gasteiger partial charge is 0.368 e. The lowest BCUT2D eigenvalue weighted by atomic mass is 9.86. The van der Waals surface area contributed by atoms with Crippen molar-refractivity contribution >= 4 is 34.7 Å². The molecule has 2 heterocycles. The van der Waals surface area contributed by atoms with E-state index in [1.54, 1.807) is 6.92 Å². The van der Waals surface area contributed by atoms with Crippen molar-refractivity contribution in [3.8, 4) is 6.07 Å². The summed E-state index contributed by atoms with van der Waals surface area (Å²) in [5, 5.41) is 11.2. The van der Waals surface area contributed by atoms with Crippen molar-refractivity contribution in [2.45, 2.75) is 39.2 Å². The number of likely N-dealkylation sites (tertiary alicyclic amines) is 1. The van der Waals surface area contributed by atoms with Crippen LogP contribution in [-0.4, -0.2) is 36.9 Å². The smallest absolute Gasteiger partial charge is 0.133 e. The summed E-state index contributed by atoms with van der Waals surface area (Å²) in [4.78, 5) is 16.2. The molecule has 0 amide bonds. The summed E-state index contributed by atoms with van der Waals surface area (Å²) in [6, 6.07) is 12.3. The molecule has 2 aromatic carbocycles. The SMILES string of the molecule is CC(=O)C1CCN(Cc2c(C)cc(C3CN(c4c(Cl)cccc4Cl)C3)cc2C#N)CC1. The monoisotopic (exact) mass is 455 g/mol. The van der Waals surface area contributed by atoms with Crippen molar-refractivity contribution < 1.29 is 4.79 Å². The highest BCUT2D eigenvalue weighted by molar-refractivity contribution is 6.39. The van der Waals surface area contributed by atoms with Gasteiger partial charge in [-0.1, -0.05) is 35.3 Å². The fraction of sp³-hybridized carbons (Fsp3) is 0.440. The molecule has 2 aliphatic rings. The number of anilines is 1. The minimum absolute atomic E-state index is 0.198. The van der Waals surface area contributed by atoms with Crippen molar-refractivity contribution in [3.05, 3.63) is 62.6 Å². The molecule has 0 saturated carbocycles. The molecule has 0 radical (unpaired) electrons. The summed E-state index contributed by atoms with van der Waals surface area (Å²) in [7, 11) is 0. The highest BCUT2D eigenvalue weighted by Crippen LogP contribution is 2.40. The molecule has 0 N–H and O–H groups in total. The maximum absolute atomic E-state index is 11.6. The summed E-state index contributed by atoms with van der Waals surface area (Å²) < 4.78 is 0. The van der Waals surface area contributed by atoms with E-state index in [2.05, 4.69) is 34.9 Å². The molecule has 31 heavy (non-hydrogen) atoms. The van der Waals surface area contributed by atoms with E-state index in [9.17, 15) is 10.1 Å². The van der Waals surface area contributed by atoms with Gasteiger partial charge in [0.25, 0.3) is 0 Å². The number of halogens is 2. The Hall–Kier alpha value is -2.06. The van der Waals surface area contributed by atoms with Gasteiger partial charge in [0.05, 0.1) is 27.4 Å². The van der Waals surface area contributed by atoms with Crippen molar-refractivity contribution in [2.24, 2.45) is 5.92 Å². The number of nitrogens with zero attached hydrogens (tertiary/aromatic N) is 3. The van der Waals surface area contributed by atoms with Crippen LogP contribution in [0.15, 0.2) is 30.3 Å². The number of hydrogen-bond acceptors (Lipinski definition) is 4. The van der Waals surface area contributed by atoms with E-state index in [0.29, 0.717) is 21.7 Å². The normalized spacial score (nSPS) is 18.0. The first-order valence-corrected chi connectivity index (χ1v) is 11.6. The predicted molar refractivity (Wildman–Crippen MR) is 126 cm³/mol. The second-order valence-electron chi connectivity index (χ2n) is 8.81. The quantitative estimate of drug-likeness (QED) is 0.590. The Bertz CT molecular complexity index is 1010. The maximum atomic E-state index is 11.6. The number of para-hydroxylation sites is 1. The van der Waals surface area contributed by atoms with E-state index in [1.807, 2.05) is 18.2 Å². The molecular formula is C25H27Cl2N3O. The van der Waals surface area contributed by atoms with Gasteiger partial charge in [0.15, 0.2) is 0 Å². The molecule has 0 aliphatic carbocycles. The number of nitriles is 1. The third-order valence-corrected chi connectivity index (χ3v) is 7.38. The minimum atomic E-state index is 0.198. The van der Waals surface area contributed by atoms with Crippen LogP contribution in [0.2, 0.25) is 10.0 Å². The van der Waals surface area contributed by atoms with E-state index in [4.69, 9.17) is 23.2 Å². The number of Topliss-reactive ketones (excluding diaryl/α,β-unsaturated/α-hetero) is 1. The molecule has 2 saturated heterocycles. The lowest BCUT2D eigenvalue weighted by molar-refractivity contribution is -0.122. The van der Waals surface area contributed by atoms with E-state index >= 15 is 0 Å². The van der Waals surface area contributed by atoms with E-state index in [1.165, 1.54) is 5.56 Å². The first-order valence-electron chi connectivity index (χ1n) is 10.8. The van der Waals surface area contributed by atoms with Crippen LogP contribution in [0.5, 0.6) is 0 Å². The molecule has 162 valence electrons. The average molecular weight is 456 g/mol. The van der Waals surface area contributed by atoms with Gasteiger partial charge in [-0.3, -0.25) is 9.69 Å². The Morgan fingerprint density at radius 2 is 1.81 bits per heavy atom. The van der Waals surface area contributed by atoms with Crippen LogP contribution >= 0.6 is 23.2 Å². The number of carbonyl (C=O) groups excluding carboxylic acids is 1. The van der Waals surface area contributed by atoms with Gasteiger partial charge in [-0.15, -0.1) is 0 Å². The average Bonchev–Trinajstić information content (AvgIpc) is 2.71. The van der Waals surface area contributed by atoms with Crippen LogP contribution in [0.4, 0.5) is 5.69 Å². The molecule has 4 rings (SSSR count). The number of hydrogen-bond donors (Lipinski definition) is 0. The highest BCUT2D eigenvalue weighted by atomic mass is 35.5. The topological polar surface area (TPSA) is 47.3 Å². The summed E-state index contributed by atoms with van der Waals surface area (Å²) in [5.74, 6) is 0.854. The first-order chi connectivity index (χ1) is 14.9. The third kappa shape index (κ3) is 4.60. The van der Waals surface area contributed by atoms with Crippen LogP contribution in [0.1, 0.15) is 47.9 Å². The van der Waals surface area contributed by atoms with Gasteiger partial charge in [-0.05, 0) is 74.7 Å².